The van der Waals surface area contributed by atoms with Crippen molar-refractivity contribution in [2.24, 2.45) is 0 Å². The fourth-order valence-electron chi connectivity index (χ4n) is 1.98. The average Bonchev–Trinajstić information content (AvgIpc) is 2.37. The summed E-state index contributed by atoms with van der Waals surface area (Å²) in [6.45, 7) is 4.42. The van der Waals surface area contributed by atoms with Gasteiger partial charge in [-0.05, 0) is 25.5 Å². The first-order chi connectivity index (χ1) is 9.38. The second kappa shape index (κ2) is 7.50. The number of hydrogen-bond acceptors (Lipinski definition) is 5. The van der Waals surface area contributed by atoms with Crippen LogP contribution in [0.4, 0.5) is 0 Å². The van der Waals surface area contributed by atoms with Crippen molar-refractivity contribution in [3.8, 4) is 0 Å². The van der Waals surface area contributed by atoms with Gasteiger partial charge in [-0.2, -0.15) is 0 Å². The standard InChI is InChI=1S/C15H23NO4/c1-15(2,20)14(19)13-5-3-4-12(10-13)11-16(6-8-17)7-9-18/h3-5,10,17-18,20H,6-9,11H2,1-2H3. The van der Waals surface area contributed by atoms with Crippen molar-refractivity contribution in [3.63, 3.8) is 0 Å². The van der Waals surface area contributed by atoms with Gasteiger partial charge in [-0.15, -0.1) is 0 Å². The highest BCUT2D eigenvalue weighted by atomic mass is 16.3. The molecule has 0 aliphatic heterocycles. The smallest absolute Gasteiger partial charge is 0.193 e. The molecule has 0 bridgehead atoms. The molecule has 0 fully saturated rings. The number of benzene rings is 1. The van der Waals surface area contributed by atoms with Crippen molar-refractivity contribution < 1.29 is 20.1 Å². The Bertz CT molecular complexity index is 434. The zero-order valence-electron chi connectivity index (χ0n) is 12.0. The van der Waals surface area contributed by atoms with Crippen LogP contribution >= 0.6 is 0 Å². The first-order valence-electron chi connectivity index (χ1n) is 6.68. The molecule has 1 aromatic rings. The molecule has 0 aliphatic rings. The van der Waals surface area contributed by atoms with Gasteiger partial charge in [0.2, 0.25) is 0 Å². The third-order valence-corrected chi connectivity index (χ3v) is 2.98. The van der Waals surface area contributed by atoms with Crippen LogP contribution in [0.5, 0.6) is 0 Å². The topological polar surface area (TPSA) is 81.0 Å². The molecular formula is C15H23NO4. The van der Waals surface area contributed by atoms with E-state index < -0.39 is 5.60 Å². The van der Waals surface area contributed by atoms with E-state index in [9.17, 15) is 9.90 Å². The lowest BCUT2D eigenvalue weighted by Gasteiger charge is -2.21. The zero-order chi connectivity index (χ0) is 15.2. The number of rotatable bonds is 8. The van der Waals surface area contributed by atoms with E-state index in [1.165, 1.54) is 13.8 Å². The number of nitrogens with zero attached hydrogens (tertiary/aromatic N) is 1. The van der Waals surface area contributed by atoms with Crippen LogP contribution in [0.25, 0.3) is 0 Å². The van der Waals surface area contributed by atoms with Gasteiger partial charge in [0.15, 0.2) is 5.78 Å². The van der Waals surface area contributed by atoms with Gasteiger partial charge in [0.1, 0.15) is 5.60 Å². The highest BCUT2D eigenvalue weighted by Gasteiger charge is 2.25. The van der Waals surface area contributed by atoms with Crippen molar-refractivity contribution in [2.45, 2.75) is 26.0 Å². The number of ketones is 1. The van der Waals surface area contributed by atoms with Crippen LogP contribution in [0.3, 0.4) is 0 Å². The molecule has 5 nitrogen and oxygen atoms in total. The maximum absolute atomic E-state index is 12.0. The number of aliphatic hydroxyl groups is 3. The van der Waals surface area contributed by atoms with Crippen LogP contribution < -0.4 is 0 Å². The molecule has 0 unspecified atom stereocenters. The minimum atomic E-state index is -1.39. The summed E-state index contributed by atoms with van der Waals surface area (Å²) in [6.07, 6.45) is 0. The second-order valence-electron chi connectivity index (χ2n) is 5.31. The van der Waals surface area contributed by atoms with Crippen LogP contribution in [-0.4, -0.2) is 57.9 Å². The van der Waals surface area contributed by atoms with Crippen LogP contribution in [0, 0.1) is 0 Å². The normalized spacial score (nSPS) is 11.9. The predicted octanol–water partition coefficient (Wildman–Crippen LogP) is 0.427. The third kappa shape index (κ3) is 5.02. The minimum Gasteiger partial charge on any atom is -0.395 e. The molecule has 0 saturated heterocycles. The number of aliphatic hydroxyl groups excluding tert-OH is 2. The number of carbonyl (C=O) groups excluding carboxylic acids is 1. The van der Waals surface area contributed by atoms with Crippen molar-refractivity contribution in [3.05, 3.63) is 35.4 Å². The Labute approximate surface area is 119 Å². The van der Waals surface area contributed by atoms with Gasteiger partial charge >= 0.3 is 0 Å². The quantitative estimate of drug-likeness (QED) is 0.602. The molecule has 1 rings (SSSR count). The van der Waals surface area contributed by atoms with Crippen LogP contribution in [-0.2, 0) is 6.54 Å². The van der Waals surface area contributed by atoms with Crippen LogP contribution in [0.1, 0.15) is 29.8 Å². The van der Waals surface area contributed by atoms with E-state index in [1.54, 1.807) is 18.2 Å². The maximum Gasteiger partial charge on any atom is 0.193 e. The van der Waals surface area contributed by atoms with Crippen LogP contribution in [0.2, 0.25) is 0 Å². The molecule has 20 heavy (non-hydrogen) atoms. The Balaban J connectivity index is 2.84. The van der Waals surface area contributed by atoms with Crippen molar-refractivity contribution in [1.29, 1.82) is 0 Å². The lowest BCUT2D eigenvalue weighted by molar-refractivity contribution is 0.0488. The third-order valence-electron chi connectivity index (χ3n) is 2.98. The predicted molar refractivity (Wildman–Crippen MR) is 76.5 cm³/mol. The SMILES string of the molecule is CC(C)(O)C(=O)c1cccc(CN(CCO)CCO)c1. The van der Waals surface area contributed by atoms with E-state index in [-0.39, 0.29) is 19.0 Å². The van der Waals surface area contributed by atoms with Crippen molar-refractivity contribution in [1.82, 2.24) is 4.90 Å². The van der Waals surface area contributed by atoms with Crippen LogP contribution in [0.15, 0.2) is 24.3 Å². The van der Waals surface area contributed by atoms with E-state index in [0.29, 0.717) is 25.2 Å². The molecule has 1 aromatic carbocycles. The van der Waals surface area contributed by atoms with E-state index >= 15 is 0 Å². The zero-order valence-corrected chi connectivity index (χ0v) is 12.0. The summed E-state index contributed by atoms with van der Waals surface area (Å²) in [4.78, 5) is 13.9. The molecule has 0 atom stereocenters. The highest BCUT2D eigenvalue weighted by molar-refractivity contribution is 6.01. The summed E-state index contributed by atoms with van der Waals surface area (Å²) in [5.74, 6) is -0.324. The number of hydrogen-bond donors (Lipinski definition) is 3. The Morgan fingerprint density at radius 3 is 2.30 bits per heavy atom. The van der Waals surface area contributed by atoms with Gasteiger partial charge < -0.3 is 15.3 Å². The summed E-state index contributed by atoms with van der Waals surface area (Å²) in [7, 11) is 0. The van der Waals surface area contributed by atoms with Gasteiger partial charge in [-0.25, -0.2) is 0 Å². The molecule has 0 saturated carbocycles. The largest absolute Gasteiger partial charge is 0.395 e. The summed E-state index contributed by atoms with van der Waals surface area (Å²) in [6, 6.07) is 7.06. The Hall–Kier alpha value is -1.27. The lowest BCUT2D eigenvalue weighted by Crippen LogP contribution is -2.31. The molecule has 112 valence electrons. The van der Waals surface area contributed by atoms with E-state index in [1.807, 2.05) is 11.0 Å². The molecule has 0 heterocycles. The molecule has 5 heteroatoms. The van der Waals surface area contributed by atoms with Gasteiger partial charge in [-0.3, -0.25) is 9.69 Å². The number of Topliss-reactive ketones (excluding diaryl/α,β-unsaturated/α-hetero) is 1. The Morgan fingerprint density at radius 1 is 1.20 bits per heavy atom. The second-order valence-corrected chi connectivity index (χ2v) is 5.31. The molecule has 0 spiro atoms. The highest BCUT2D eigenvalue weighted by Crippen LogP contribution is 2.15. The fourth-order valence-corrected chi connectivity index (χ4v) is 1.98. The van der Waals surface area contributed by atoms with Crippen molar-refractivity contribution >= 4 is 5.78 Å². The molecule has 0 aliphatic carbocycles. The van der Waals surface area contributed by atoms with Gasteiger partial charge in [-0.1, -0.05) is 18.2 Å². The summed E-state index contributed by atoms with van der Waals surface area (Å²) in [5, 5.41) is 27.7. The Morgan fingerprint density at radius 2 is 1.80 bits per heavy atom. The molecule has 3 N–H and O–H groups in total. The Kier molecular flexibility index (Phi) is 6.29. The van der Waals surface area contributed by atoms with E-state index in [4.69, 9.17) is 10.2 Å². The van der Waals surface area contributed by atoms with Gasteiger partial charge in [0, 0.05) is 25.2 Å². The van der Waals surface area contributed by atoms with Crippen molar-refractivity contribution in [2.75, 3.05) is 26.3 Å². The first-order valence-corrected chi connectivity index (χ1v) is 6.68. The summed E-state index contributed by atoms with van der Waals surface area (Å²) < 4.78 is 0. The summed E-state index contributed by atoms with van der Waals surface area (Å²) >= 11 is 0. The monoisotopic (exact) mass is 281 g/mol. The fraction of sp³-hybridized carbons (Fsp3) is 0.533. The average molecular weight is 281 g/mol. The lowest BCUT2D eigenvalue weighted by atomic mass is 9.95. The van der Waals surface area contributed by atoms with Gasteiger partial charge in [0.05, 0.1) is 13.2 Å². The number of carbonyl (C=O) groups is 1. The first kappa shape index (κ1) is 16.8. The molecule has 0 amide bonds. The van der Waals surface area contributed by atoms with E-state index in [0.717, 1.165) is 5.56 Å². The summed E-state index contributed by atoms with van der Waals surface area (Å²) in [5.41, 5.74) is -0.0286. The maximum atomic E-state index is 12.0. The molecule has 0 aromatic heterocycles. The van der Waals surface area contributed by atoms with Gasteiger partial charge in [0.25, 0.3) is 0 Å². The van der Waals surface area contributed by atoms with E-state index in [2.05, 4.69) is 0 Å². The molecular weight excluding hydrogens is 258 g/mol. The molecule has 0 radical (unpaired) electrons. The minimum absolute atomic E-state index is 0.0162.